The summed E-state index contributed by atoms with van der Waals surface area (Å²) >= 11 is 0. The molecule has 2 N–H and O–H groups in total. The minimum atomic E-state index is 0.276. The fourth-order valence-corrected chi connectivity index (χ4v) is 1.92. The maximum absolute atomic E-state index is 5.82. The van der Waals surface area contributed by atoms with Gasteiger partial charge in [0.25, 0.3) is 0 Å². The molecule has 0 aromatic carbocycles. The van der Waals surface area contributed by atoms with Crippen LogP contribution in [0.5, 0.6) is 0 Å². The van der Waals surface area contributed by atoms with Crippen molar-refractivity contribution in [1.29, 1.82) is 0 Å². The zero-order chi connectivity index (χ0) is 13.1. The van der Waals surface area contributed by atoms with E-state index < -0.39 is 0 Å². The SMILES string of the molecule is CCCc1c(N)nnn1Cc1ncnn1C(C)C. The summed E-state index contributed by atoms with van der Waals surface area (Å²) < 4.78 is 3.69. The Hall–Kier alpha value is -1.92. The van der Waals surface area contributed by atoms with Crippen LogP contribution in [0.1, 0.15) is 44.8 Å². The molecule has 0 aliphatic carbocycles. The van der Waals surface area contributed by atoms with Gasteiger partial charge in [0.05, 0.1) is 5.69 Å². The maximum atomic E-state index is 5.82. The number of aromatic nitrogens is 6. The predicted octanol–water partition coefficient (Wildman–Crippen LogP) is 1.03. The van der Waals surface area contributed by atoms with Gasteiger partial charge in [-0.15, -0.1) is 5.10 Å². The summed E-state index contributed by atoms with van der Waals surface area (Å²) in [6.45, 7) is 6.80. The molecule has 0 fully saturated rings. The predicted molar refractivity (Wildman–Crippen MR) is 67.9 cm³/mol. The van der Waals surface area contributed by atoms with Crippen molar-refractivity contribution < 1.29 is 0 Å². The fourth-order valence-electron chi connectivity index (χ4n) is 1.92. The minimum Gasteiger partial charge on any atom is -0.381 e. The molecular weight excluding hydrogens is 230 g/mol. The van der Waals surface area contributed by atoms with E-state index in [-0.39, 0.29) is 6.04 Å². The van der Waals surface area contributed by atoms with E-state index in [1.54, 1.807) is 6.33 Å². The Bertz CT molecular complexity index is 511. The normalized spacial score (nSPS) is 11.3. The summed E-state index contributed by atoms with van der Waals surface area (Å²) in [7, 11) is 0. The van der Waals surface area contributed by atoms with Crippen molar-refractivity contribution in [2.75, 3.05) is 5.73 Å². The second kappa shape index (κ2) is 5.16. The van der Waals surface area contributed by atoms with Crippen molar-refractivity contribution in [1.82, 2.24) is 29.8 Å². The summed E-state index contributed by atoms with van der Waals surface area (Å²) in [5.74, 6) is 1.37. The molecule has 2 aromatic rings. The molecule has 2 aromatic heterocycles. The van der Waals surface area contributed by atoms with E-state index in [0.717, 1.165) is 24.4 Å². The molecule has 18 heavy (non-hydrogen) atoms. The highest BCUT2D eigenvalue weighted by molar-refractivity contribution is 5.33. The Morgan fingerprint density at radius 1 is 1.39 bits per heavy atom. The van der Waals surface area contributed by atoms with Crippen molar-refractivity contribution in [2.45, 2.75) is 46.2 Å². The quantitative estimate of drug-likeness (QED) is 0.855. The number of hydrogen-bond donors (Lipinski definition) is 1. The maximum Gasteiger partial charge on any atom is 0.169 e. The number of anilines is 1. The lowest BCUT2D eigenvalue weighted by Gasteiger charge is -2.10. The highest BCUT2D eigenvalue weighted by Crippen LogP contribution is 2.13. The van der Waals surface area contributed by atoms with Crippen molar-refractivity contribution in [3.8, 4) is 0 Å². The molecule has 2 heterocycles. The molecule has 0 saturated heterocycles. The second-order valence-electron chi connectivity index (χ2n) is 4.54. The summed E-state index contributed by atoms with van der Waals surface area (Å²) in [6, 6.07) is 0.276. The number of nitrogens with two attached hydrogens (primary N) is 1. The summed E-state index contributed by atoms with van der Waals surface area (Å²) in [6.07, 6.45) is 3.44. The molecule has 0 unspecified atom stereocenters. The van der Waals surface area contributed by atoms with E-state index in [1.165, 1.54) is 0 Å². The van der Waals surface area contributed by atoms with E-state index >= 15 is 0 Å². The Kier molecular flexibility index (Phi) is 3.59. The first-order chi connectivity index (χ1) is 8.63. The molecule has 0 aliphatic rings. The van der Waals surface area contributed by atoms with Crippen molar-refractivity contribution in [3.63, 3.8) is 0 Å². The summed E-state index contributed by atoms with van der Waals surface area (Å²) in [5, 5.41) is 12.2. The van der Waals surface area contributed by atoms with Gasteiger partial charge in [-0.3, -0.25) is 0 Å². The smallest absolute Gasteiger partial charge is 0.169 e. The van der Waals surface area contributed by atoms with Crippen LogP contribution in [-0.2, 0) is 13.0 Å². The van der Waals surface area contributed by atoms with Gasteiger partial charge in [0.15, 0.2) is 5.82 Å². The highest BCUT2D eigenvalue weighted by Gasteiger charge is 2.13. The lowest BCUT2D eigenvalue weighted by Crippen LogP contribution is -2.14. The van der Waals surface area contributed by atoms with Gasteiger partial charge in [0.2, 0.25) is 0 Å². The summed E-state index contributed by atoms with van der Waals surface area (Å²) in [4.78, 5) is 4.27. The Morgan fingerprint density at radius 3 is 2.83 bits per heavy atom. The van der Waals surface area contributed by atoms with Crippen LogP contribution < -0.4 is 5.73 Å². The zero-order valence-electron chi connectivity index (χ0n) is 11.0. The van der Waals surface area contributed by atoms with Crippen LogP contribution in [-0.4, -0.2) is 29.8 Å². The number of nitrogens with zero attached hydrogens (tertiary/aromatic N) is 6. The monoisotopic (exact) mass is 249 g/mol. The largest absolute Gasteiger partial charge is 0.381 e. The lowest BCUT2D eigenvalue weighted by atomic mass is 10.2. The average molecular weight is 249 g/mol. The van der Waals surface area contributed by atoms with Gasteiger partial charge < -0.3 is 5.73 Å². The van der Waals surface area contributed by atoms with Crippen LogP contribution >= 0.6 is 0 Å². The first-order valence-corrected chi connectivity index (χ1v) is 6.19. The van der Waals surface area contributed by atoms with Crippen LogP contribution in [0.15, 0.2) is 6.33 Å². The molecule has 7 nitrogen and oxygen atoms in total. The van der Waals surface area contributed by atoms with Crippen molar-refractivity contribution >= 4 is 5.82 Å². The highest BCUT2D eigenvalue weighted by atomic mass is 15.5. The summed E-state index contributed by atoms with van der Waals surface area (Å²) in [5.41, 5.74) is 6.79. The van der Waals surface area contributed by atoms with Crippen LogP contribution in [0.2, 0.25) is 0 Å². The van der Waals surface area contributed by atoms with Crippen LogP contribution in [0.3, 0.4) is 0 Å². The van der Waals surface area contributed by atoms with Crippen LogP contribution in [0.25, 0.3) is 0 Å². The van der Waals surface area contributed by atoms with Crippen molar-refractivity contribution in [2.24, 2.45) is 0 Å². The zero-order valence-corrected chi connectivity index (χ0v) is 11.0. The Labute approximate surface area is 106 Å². The molecule has 0 amide bonds. The second-order valence-corrected chi connectivity index (χ2v) is 4.54. The van der Waals surface area contributed by atoms with Crippen LogP contribution in [0, 0.1) is 0 Å². The van der Waals surface area contributed by atoms with E-state index in [2.05, 4.69) is 41.2 Å². The third-order valence-corrected chi connectivity index (χ3v) is 2.78. The van der Waals surface area contributed by atoms with Gasteiger partial charge in [-0.1, -0.05) is 18.6 Å². The number of rotatable bonds is 5. The standard InChI is InChI=1S/C11H19N7/c1-4-5-9-11(12)15-16-17(9)6-10-13-7-14-18(10)8(2)3/h7-8H,4-6,12H2,1-3H3. The molecule has 0 spiro atoms. The molecule has 7 heteroatoms. The van der Waals surface area contributed by atoms with E-state index in [4.69, 9.17) is 5.73 Å². The first-order valence-electron chi connectivity index (χ1n) is 6.19. The first kappa shape index (κ1) is 12.5. The molecule has 0 atom stereocenters. The van der Waals surface area contributed by atoms with E-state index in [9.17, 15) is 0 Å². The van der Waals surface area contributed by atoms with Crippen molar-refractivity contribution in [3.05, 3.63) is 17.8 Å². The van der Waals surface area contributed by atoms with Gasteiger partial charge in [0.1, 0.15) is 18.7 Å². The third kappa shape index (κ3) is 2.34. The van der Waals surface area contributed by atoms with E-state index in [1.807, 2.05) is 9.36 Å². The number of hydrogen-bond acceptors (Lipinski definition) is 5. The fraction of sp³-hybridized carbons (Fsp3) is 0.636. The average Bonchev–Trinajstić information content (AvgIpc) is 2.91. The molecule has 98 valence electrons. The minimum absolute atomic E-state index is 0.276. The van der Waals surface area contributed by atoms with Gasteiger partial charge in [-0.05, 0) is 20.3 Å². The van der Waals surface area contributed by atoms with E-state index in [0.29, 0.717) is 12.4 Å². The third-order valence-electron chi connectivity index (χ3n) is 2.78. The Balaban J connectivity index is 2.26. The van der Waals surface area contributed by atoms with Gasteiger partial charge >= 0.3 is 0 Å². The molecule has 2 rings (SSSR count). The lowest BCUT2D eigenvalue weighted by molar-refractivity contribution is 0.480. The van der Waals surface area contributed by atoms with Gasteiger partial charge in [-0.25, -0.2) is 14.3 Å². The molecule has 0 bridgehead atoms. The Morgan fingerprint density at radius 2 is 2.17 bits per heavy atom. The molecule has 0 radical (unpaired) electrons. The topological polar surface area (TPSA) is 87.4 Å². The molecular formula is C11H19N7. The number of nitrogen functional groups attached to an aromatic ring is 1. The van der Waals surface area contributed by atoms with Crippen LogP contribution in [0.4, 0.5) is 5.82 Å². The van der Waals surface area contributed by atoms with Gasteiger partial charge in [-0.2, -0.15) is 5.10 Å². The molecule has 0 saturated carbocycles. The molecule has 0 aliphatic heterocycles. The van der Waals surface area contributed by atoms with Gasteiger partial charge in [0, 0.05) is 6.04 Å².